The zero-order valence-corrected chi connectivity index (χ0v) is 20.2. The lowest BCUT2D eigenvalue weighted by atomic mass is 9.90. The average Bonchev–Trinajstić information content (AvgIpc) is 2.91. The summed E-state index contributed by atoms with van der Waals surface area (Å²) in [5, 5.41) is 0. The van der Waals surface area contributed by atoms with E-state index in [9.17, 15) is 9.59 Å². The van der Waals surface area contributed by atoms with Crippen LogP contribution in [0.5, 0.6) is 11.5 Å². The number of carbonyl (C=O) groups is 1. The first-order valence-electron chi connectivity index (χ1n) is 12.1. The van der Waals surface area contributed by atoms with Gasteiger partial charge in [0.1, 0.15) is 12.2 Å². The molecule has 1 saturated heterocycles. The standard InChI is InChI=1S/C28H30N2O5/c1-3-21-13-20-14-27(35-18-19-7-5-4-6-8-19)26(33-2)15-22(20)24-16-25(31)23(17-30(21)24)28(32)29-9-11-34-12-10-29/h4-8,14-17,21H,3,9-13,18H2,1-2H3. The first-order chi connectivity index (χ1) is 17.1. The van der Waals surface area contributed by atoms with Gasteiger partial charge in [-0.15, -0.1) is 0 Å². The van der Waals surface area contributed by atoms with Gasteiger partial charge in [0.15, 0.2) is 16.9 Å². The highest BCUT2D eigenvalue weighted by Gasteiger charge is 2.28. The van der Waals surface area contributed by atoms with Crippen LogP contribution < -0.4 is 14.9 Å². The summed E-state index contributed by atoms with van der Waals surface area (Å²) in [4.78, 5) is 27.9. The van der Waals surface area contributed by atoms with E-state index < -0.39 is 0 Å². The number of fused-ring (bicyclic) bond motifs is 3. The van der Waals surface area contributed by atoms with E-state index in [1.54, 1.807) is 24.3 Å². The molecule has 0 radical (unpaired) electrons. The molecule has 7 heteroatoms. The summed E-state index contributed by atoms with van der Waals surface area (Å²) in [6.07, 6.45) is 3.39. The van der Waals surface area contributed by atoms with Gasteiger partial charge in [-0.1, -0.05) is 37.3 Å². The van der Waals surface area contributed by atoms with Crippen LogP contribution >= 0.6 is 0 Å². The molecule has 2 aliphatic heterocycles. The van der Waals surface area contributed by atoms with Gasteiger partial charge in [0.2, 0.25) is 0 Å². The fourth-order valence-corrected chi connectivity index (χ4v) is 4.88. The third-order valence-corrected chi connectivity index (χ3v) is 6.83. The summed E-state index contributed by atoms with van der Waals surface area (Å²) in [6.45, 7) is 4.56. The minimum absolute atomic E-state index is 0.129. The Kier molecular flexibility index (Phi) is 6.59. The number of amides is 1. The Morgan fingerprint density at radius 2 is 1.86 bits per heavy atom. The Balaban J connectivity index is 1.52. The SMILES string of the molecule is CCC1Cc2cc(OCc3ccccc3)c(OC)cc2-c2cc(=O)c(C(=O)N3CCOCC3)cn21. The Morgan fingerprint density at radius 1 is 1.09 bits per heavy atom. The number of morpholine rings is 1. The van der Waals surface area contributed by atoms with Crippen LogP contribution in [0.3, 0.4) is 0 Å². The molecule has 1 atom stereocenters. The van der Waals surface area contributed by atoms with Gasteiger partial charge in [-0.05, 0) is 36.1 Å². The van der Waals surface area contributed by atoms with Crippen LogP contribution in [0.25, 0.3) is 11.3 Å². The minimum Gasteiger partial charge on any atom is -0.493 e. The molecule has 1 fully saturated rings. The summed E-state index contributed by atoms with van der Waals surface area (Å²) >= 11 is 0. The summed E-state index contributed by atoms with van der Waals surface area (Å²) in [7, 11) is 1.62. The molecule has 0 aliphatic carbocycles. The Morgan fingerprint density at radius 3 is 2.57 bits per heavy atom. The Labute approximate surface area is 204 Å². The lowest BCUT2D eigenvalue weighted by Crippen LogP contribution is -2.42. The van der Waals surface area contributed by atoms with E-state index in [1.165, 1.54) is 0 Å². The molecular formula is C28H30N2O5. The highest BCUT2D eigenvalue weighted by molar-refractivity contribution is 5.94. The highest BCUT2D eigenvalue weighted by atomic mass is 16.5. The van der Waals surface area contributed by atoms with E-state index >= 15 is 0 Å². The zero-order chi connectivity index (χ0) is 24.4. The molecule has 0 N–H and O–H groups in total. The van der Waals surface area contributed by atoms with Crippen LogP contribution in [0.1, 0.15) is 40.9 Å². The fourth-order valence-electron chi connectivity index (χ4n) is 4.88. The van der Waals surface area contributed by atoms with Crippen molar-refractivity contribution in [1.29, 1.82) is 0 Å². The van der Waals surface area contributed by atoms with Crippen LogP contribution in [0.4, 0.5) is 0 Å². The first kappa shape index (κ1) is 23.2. The van der Waals surface area contributed by atoms with Crippen LogP contribution in [-0.2, 0) is 17.8 Å². The molecule has 1 aromatic heterocycles. The lowest BCUT2D eigenvalue weighted by molar-refractivity contribution is 0.0301. The number of hydrogen-bond donors (Lipinski definition) is 0. The number of aromatic nitrogens is 1. The fraction of sp³-hybridized carbons (Fsp3) is 0.357. The van der Waals surface area contributed by atoms with Crippen LogP contribution in [0, 0.1) is 0 Å². The summed E-state index contributed by atoms with van der Waals surface area (Å²) in [5.74, 6) is 1.07. The third kappa shape index (κ3) is 4.56. The Bertz CT molecular complexity index is 1280. The molecule has 3 aromatic rings. The molecule has 1 unspecified atom stereocenters. The van der Waals surface area contributed by atoms with Crippen LogP contribution in [-0.4, -0.2) is 48.8 Å². The number of rotatable bonds is 6. The molecule has 3 heterocycles. The number of ether oxygens (including phenoxy) is 3. The largest absolute Gasteiger partial charge is 0.493 e. The molecule has 35 heavy (non-hydrogen) atoms. The highest BCUT2D eigenvalue weighted by Crippen LogP contribution is 2.42. The first-order valence-corrected chi connectivity index (χ1v) is 12.1. The molecule has 0 bridgehead atoms. The maximum absolute atomic E-state index is 13.1. The molecule has 182 valence electrons. The molecule has 5 rings (SSSR count). The number of carbonyl (C=O) groups excluding carboxylic acids is 1. The van der Waals surface area contributed by atoms with Crippen molar-refractivity contribution in [1.82, 2.24) is 9.47 Å². The van der Waals surface area contributed by atoms with Gasteiger partial charge in [0.05, 0.1) is 26.0 Å². The average molecular weight is 475 g/mol. The third-order valence-electron chi connectivity index (χ3n) is 6.83. The minimum atomic E-state index is -0.265. The van der Waals surface area contributed by atoms with Gasteiger partial charge in [-0.3, -0.25) is 9.59 Å². The molecule has 0 spiro atoms. The van der Waals surface area contributed by atoms with Crippen molar-refractivity contribution < 1.29 is 19.0 Å². The van der Waals surface area contributed by atoms with Crippen molar-refractivity contribution in [2.45, 2.75) is 32.4 Å². The van der Waals surface area contributed by atoms with E-state index in [0.717, 1.165) is 35.2 Å². The van der Waals surface area contributed by atoms with Gasteiger partial charge in [-0.25, -0.2) is 0 Å². The monoisotopic (exact) mass is 474 g/mol. The van der Waals surface area contributed by atoms with Crippen molar-refractivity contribution in [3.63, 3.8) is 0 Å². The second-order valence-electron chi connectivity index (χ2n) is 8.95. The predicted molar refractivity (Wildman–Crippen MR) is 133 cm³/mol. The molecule has 0 saturated carbocycles. The number of pyridine rings is 1. The maximum Gasteiger partial charge on any atom is 0.259 e. The van der Waals surface area contributed by atoms with Crippen LogP contribution in [0.15, 0.2) is 59.5 Å². The van der Waals surface area contributed by atoms with Crippen LogP contribution in [0.2, 0.25) is 0 Å². The molecule has 2 aliphatic rings. The number of nitrogens with zero attached hydrogens (tertiary/aromatic N) is 2. The van der Waals surface area contributed by atoms with Gasteiger partial charge < -0.3 is 23.7 Å². The van der Waals surface area contributed by atoms with Crippen molar-refractivity contribution in [3.8, 4) is 22.8 Å². The van der Waals surface area contributed by atoms with Crippen molar-refractivity contribution in [3.05, 3.63) is 81.6 Å². The summed E-state index contributed by atoms with van der Waals surface area (Å²) in [6, 6.07) is 15.7. The molecule has 2 aromatic carbocycles. The smallest absolute Gasteiger partial charge is 0.259 e. The van der Waals surface area contributed by atoms with Crippen molar-refractivity contribution in [2.24, 2.45) is 0 Å². The van der Waals surface area contributed by atoms with Crippen molar-refractivity contribution in [2.75, 3.05) is 33.4 Å². The van der Waals surface area contributed by atoms with Gasteiger partial charge in [0, 0.05) is 37.0 Å². The predicted octanol–water partition coefficient (Wildman–Crippen LogP) is 4.08. The van der Waals surface area contributed by atoms with E-state index in [0.29, 0.717) is 44.4 Å². The van der Waals surface area contributed by atoms with Gasteiger partial charge in [0.25, 0.3) is 5.91 Å². The quantitative estimate of drug-likeness (QED) is 0.538. The molecule has 1 amide bonds. The number of benzene rings is 2. The summed E-state index contributed by atoms with van der Waals surface area (Å²) < 4.78 is 19.2. The number of methoxy groups -OCH3 is 1. The molecular weight excluding hydrogens is 444 g/mol. The topological polar surface area (TPSA) is 70.0 Å². The van der Waals surface area contributed by atoms with E-state index in [1.807, 2.05) is 42.5 Å². The zero-order valence-electron chi connectivity index (χ0n) is 20.2. The number of hydrogen-bond acceptors (Lipinski definition) is 5. The van der Waals surface area contributed by atoms with E-state index in [-0.39, 0.29) is 22.9 Å². The molecule has 7 nitrogen and oxygen atoms in total. The Hall–Kier alpha value is -3.58. The van der Waals surface area contributed by atoms with Gasteiger partial charge >= 0.3 is 0 Å². The second-order valence-corrected chi connectivity index (χ2v) is 8.95. The van der Waals surface area contributed by atoms with Crippen molar-refractivity contribution >= 4 is 5.91 Å². The maximum atomic E-state index is 13.1. The lowest BCUT2D eigenvalue weighted by Gasteiger charge is -2.32. The van der Waals surface area contributed by atoms with E-state index in [4.69, 9.17) is 14.2 Å². The second kappa shape index (κ2) is 9.96. The normalized spacial score (nSPS) is 16.9. The van der Waals surface area contributed by atoms with E-state index in [2.05, 4.69) is 11.5 Å². The van der Waals surface area contributed by atoms with Gasteiger partial charge in [-0.2, -0.15) is 0 Å². The summed E-state index contributed by atoms with van der Waals surface area (Å²) in [5.41, 5.74) is 3.86.